The summed E-state index contributed by atoms with van der Waals surface area (Å²) < 4.78 is 0. The maximum Gasteiger partial charge on any atom is 0.311 e. The van der Waals surface area contributed by atoms with Crippen molar-refractivity contribution in [3.05, 3.63) is 0 Å². The van der Waals surface area contributed by atoms with Crippen LogP contribution >= 0.6 is 0 Å². The van der Waals surface area contributed by atoms with Gasteiger partial charge in [-0.2, -0.15) is 0 Å². The van der Waals surface area contributed by atoms with E-state index in [9.17, 15) is 14.7 Å². The third-order valence-electron chi connectivity index (χ3n) is 4.29. The number of carbonyl (C=O) groups excluding carboxylic acids is 1. The second-order valence-electron chi connectivity index (χ2n) is 5.90. The minimum atomic E-state index is -0.793. The Morgan fingerprint density at radius 1 is 1.26 bits per heavy atom. The van der Waals surface area contributed by atoms with E-state index in [1.807, 2.05) is 0 Å². The van der Waals surface area contributed by atoms with E-state index >= 15 is 0 Å². The van der Waals surface area contributed by atoms with Crippen LogP contribution in [-0.2, 0) is 9.59 Å². The zero-order chi connectivity index (χ0) is 14.3. The molecule has 1 fully saturated rings. The number of carboxylic acids is 1. The van der Waals surface area contributed by atoms with Crippen LogP contribution in [0.15, 0.2) is 0 Å². The molecule has 2 N–H and O–H groups in total. The number of hydrogen-bond donors (Lipinski definition) is 2. The van der Waals surface area contributed by atoms with Gasteiger partial charge in [-0.25, -0.2) is 0 Å². The molecule has 0 heterocycles. The van der Waals surface area contributed by atoms with Crippen LogP contribution in [0.2, 0.25) is 0 Å². The largest absolute Gasteiger partial charge is 0.481 e. The molecule has 1 aliphatic rings. The quantitative estimate of drug-likeness (QED) is 0.665. The Balaban J connectivity index is 2.30. The number of nitrogens with one attached hydrogen (secondary N) is 1. The summed E-state index contributed by atoms with van der Waals surface area (Å²) in [5.41, 5.74) is -0.780. The van der Waals surface area contributed by atoms with Crippen LogP contribution in [0.3, 0.4) is 0 Å². The van der Waals surface area contributed by atoms with Gasteiger partial charge >= 0.3 is 5.97 Å². The lowest BCUT2D eigenvalue weighted by Gasteiger charge is -2.27. The molecule has 0 spiro atoms. The fourth-order valence-electron chi connectivity index (χ4n) is 2.81. The summed E-state index contributed by atoms with van der Waals surface area (Å²) in [6.45, 7) is 3.91. The molecular weight excluding hydrogens is 242 g/mol. The van der Waals surface area contributed by atoms with Gasteiger partial charge in [0.1, 0.15) is 0 Å². The number of rotatable bonds is 8. The summed E-state index contributed by atoms with van der Waals surface area (Å²) in [5, 5.41) is 12.2. The van der Waals surface area contributed by atoms with Crippen molar-refractivity contribution in [2.45, 2.75) is 77.7 Å². The Labute approximate surface area is 116 Å². The van der Waals surface area contributed by atoms with E-state index < -0.39 is 11.4 Å². The minimum Gasteiger partial charge on any atom is -0.481 e. The number of carboxylic acid groups (broad SMARTS) is 1. The molecule has 2 atom stereocenters. The Hall–Kier alpha value is -1.06. The molecule has 0 saturated heterocycles. The van der Waals surface area contributed by atoms with Gasteiger partial charge in [-0.3, -0.25) is 9.59 Å². The molecule has 0 radical (unpaired) electrons. The molecule has 19 heavy (non-hydrogen) atoms. The van der Waals surface area contributed by atoms with Gasteiger partial charge in [0.05, 0.1) is 5.41 Å². The molecule has 1 aliphatic carbocycles. The van der Waals surface area contributed by atoms with E-state index in [1.54, 1.807) is 6.92 Å². The lowest BCUT2D eigenvalue weighted by atomic mass is 9.85. The first-order chi connectivity index (χ1) is 9.00. The van der Waals surface area contributed by atoms with Gasteiger partial charge in [0.2, 0.25) is 5.91 Å². The molecule has 0 aromatic carbocycles. The average Bonchev–Trinajstić information content (AvgIpc) is 2.72. The van der Waals surface area contributed by atoms with Gasteiger partial charge < -0.3 is 10.4 Å². The normalized spacial score (nSPS) is 26.3. The van der Waals surface area contributed by atoms with Crippen LogP contribution in [0.5, 0.6) is 0 Å². The average molecular weight is 269 g/mol. The number of hydrogen-bond acceptors (Lipinski definition) is 2. The molecule has 4 nitrogen and oxygen atoms in total. The van der Waals surface area contributed by atoms with Gasteiger partial charge in [-0.1, -0.05) is 39.0 Å². The summed E-state index contributed by atoms with van der Waals surface area (Å²) in [6, 6.07) is -0.201. The van der Waals surface area contributed by atoms with Crippen LogP contribution in [-0.4, -0.2) is 23.0 Å². The zero-order valence-corrected chi connectivity index (χ0v) is 12.2. The minimum absolute atomic E-state index is 0.0101. The van der Waals surface area contributed by atoms with E-state index in [2.05, 4.69) is 12.2 Å². The maximum absolute atomic E-state index is 11.8. The Kier molecular flexibility index (Phi) is 6.32. The summed E-state index contributed by atoms with van der Waals surface area (Å²) in [4.78, 5) is 23.1. The van der Waals surface area contributed by atoms with Gasteiger partial charge in [-0.05, 0) is 26.2 Å². The van der Waals surface area contributed by atoms with E-state index in [4.69, 9.17) is 0 Å². The third-order valence-corrected chi connectivity index (χ3v) is 4.29. The fourth-order valence-corrected chi connectivity index (χ4v) is 2.81. The number of unbranched alkanes of at least 4 members (excludes halogenated alkanes) is 4. The molecular formula is C15H27NO3. The summed E-state index contributed by atoms with van der Waals surface area (Å²) in [7, 11) is 0. The highest BCUT2D eigenvalue weighted by Crippen LogP contribution is 2.38. The van der Waals surface area contributed by atoms with Crippen molar-refractivity contribution in [2.24, 2.45) is 5.41 Å². The second-order valence-corrected chi connectivity index (χ2v) is 5.90. The van der Waals surface area contributed by atoms with E-state index in [-0.39, 0.29) is 11.9 Å². The molecule has 0 aromatic rings. The van der Waals surface area contributed by atoms with Crippen molar-refractivity contribution in [3.8, 4) is 0 Å². The van der Waals surface area contributed by atoms with Crippen LogP contribution in [0, 0.1) is 5.41 Å². The first kappa shape index (κ1) is 16.0. The van der Waals surface area contributed by atoms with Crippen molar-refractivity contribution in [1.29, 1.82) is 0 Å². The van der Waals surface area contributed by atoms with Crippen molar-refractivity contribution < 1.29 is 14.7 Å². The SMILES string of the molecule is CCCCCCCC(=O)NC1CCCC1(C)C(=O)O. The number of amides is 1. The molecule has 2 unspecified atom stereocenters. The van der Waals surface area contributed by atoms with E-state index in [0.717, 1.165) is 25.7 Å². The van der Waals surface area contributed by atoms with Gasteiger partial charge in [0, 0.05) is 12.5 Å². The van der Waals surface area contributed by atoms with Crippen molar-refractivity contribution >= 4 is 11.9 Å². The Morgan fingerprint density at radius 3 is 2.58 bits per heavy atom. The van der Waals surface area contributed by atoms with Crippen molar-refractivity contribution in [2.75, 3.05) is 0 Å². The first-order valence-electron chi connectivity index (χ1n) is 7.53. The lowest BCUT2D eigenvalue weighted by Crippen LogP contribution is -2.46. The highest BCUT2D eigenvalue weighted by molar-refractivity contribution is 5.80. The molecule has 4 heteroatoms. The smallest absolute Gasteiger partial charge is 0.311 e. The van der Waals surface area contributed by atoms with Gasteiger partial charge in [0.15, 0.2) is 0 Å². The van der Waals surface area contributed by atoms with E-state index in [1.165, 1.54) is 19.3 Å². The first-order valence-corrected chi connectivity index (χ1v) is 7.53. The number of aliphatic carboxylic acids is 1. The molecule has 1 amide bonds. The fraction of sp³-hybridized carbons (Fsp3) is 0.867. The summed E-state index contributed by atoms with van der Waals surface area (Å²) >= 11 is 0. The molecule has 0 aromatic heterocycles. The predicted octanol–water partition coefficient (Wildman–Crippen LogP) is 3.11. The summed E-state index contributed by atoms with van der Waals surface area (Å²) in [5.74, 6) is -0.783. The Bertz CT molecular complexity index is 317. The van der Waals surface area contributed by atoms with Crippen LogP contribution < -0.4 is 5.32 Å². The highest BCUT2D eigenvalue weighted by atomic mass is 16.4. The van der Waals surface area contributed by atoms with Gasteiger partial charge in [0.25, 0.3) is 0 Å². The summed E-state index contributed by atoms with van der Waals surface area (Å²) in [6.07, 6.45) is 8.44. The van der Waals surface area contributed by atoms with Crippen LogP contribution in [0.4, 0.5) is 0 Å². The highest BCUT2D eigenvalue weighted by Gasteiger charge is 2.45. The maximum atomic E-state index is 11.8. The molecule has 1 rings (SSSR count). The van der Waals surface area contributed by atoms with Crippen molar-refractivity contribution in [3.63, 3.8) is 0 Å². The topological polar surface area (TPSA) is 66.4 Å². The van der Waals surface area contributed by atoms with E-state index in [0.29, 0.717) is 12.8 Å². The predicted molar refractivity (Wildman–Crippen MR) is 74.9 cm³/mol. The molecule has 0 aliphatic heterocycles. The van der Waals surface area contributed by atoms with Crippen molar-refractivity contribution in [1.82, 2.24) is 5.32 Å². The molecule has 110 valence electrons. The number of carbonyl (C=O) groups is 2. The zero-order valence-electron chi connectivity index (χ0n) is 12.2. The second kappa shape index (κ2) is 7.51. The monoisotopic (exact) mass is 269 g/mol. The third kappa shape index (κ3) is 4.51. The van der Waals surface area contributed by atoms with Crippen LogP contribution in [0.25, 0.3) is 0 Å². The molecule has 0 bridgehead atoms. The Morgan fingerprint density at radius 2 is 1.95 bits per heavy atom. The standard InChI is InChI=1S/C15H27NO3/c1-3-4-5-6-7-10-13(17)16-12-9-8-11-15(12,2)14(18)19/h12H,3-11H2,1-2H3,(H,16,17)(H,18,19). The van der Waals surface area contributed by atoms with Crippen LogP contribution in [0.1, 0.15) is 71.6 Å². The van der Waals surface area contributed by atoms with Gasteiger partial charge in [-0.15, -0.1) is 0 Å². The lowest BCUT2D eigenvalue weighted by molar-refractivity contribution is -0.149. The molecule has 1 saturated carbocycles.